The van der Waals surface area contributed by atoms with Gasteiger partial charge in [-0.25, -0.2) is 0 Å². The normalized spacial score (nSPS) is 27.5. The van der Waals surface area contributed by atoms with Gasteiger partial charge in [-0.2, -0.15) is 0 Å². The van der Waals surface area contributed by atoms with Crippen LogP contribution in [0, 0.1) is 41.4 Å². The van der Waals surface area contributed by atoms with Gasteiger partial charge >= 0.3 is 0 Å². The molecule has 1 aromatic carbocycles. The molecule has 2 fully saturated rings. The maximum Gasteiger partial charge on any atom is 0.160 e. The molecule has 3 aliphatic rings. The summed E-state index contributed by atoms with van der Waals surface area (Å²) in [4.78, 5) is 25.1. The molecule has 7 heteroatoms. The average molecular weight is 582 g/mol. The van der Waals surface area contributed by atoms with Gasteiger partial charge in [0.25, 0.3) is 0 Å². The number of phenolic OH excluding ortho intramolecular Hbond substituents is 1. The molecule has 0 radical (unpaired) electrons. The van der Waals surface area contributed by atoms with Crippen LogP contribution in [0.3, 0.4) is 0 Å². The molecule has 4 rings (SSSR count). The average Bonchev–Trinajstić information content (AvgIpc) is 3.03. The zero-order valence-electron chi connectivity index (χ0n) is 25.7. The molecule has 1 heterocycles. The molecule has 0 bridgehead atoms. The highest BCUT2D eigenvalue weighted by molar-refractivity contribution is 5.85. The van der Waals surface area contributed by atoms with Crippen LogP contribution in [0.1, 0.15) is 102 Å². The molecule has 4 N–H and O–H groups in total. The van der Waals surface area contributed by atoms with E-state index in [0.29, 0.717) is 54.6 Å². The summed E-state index contributed by atoms with van der Waals surface area (Å²) < 4.78 is 5.35. The number of aliphatic hydroxyl groups excluding tert-OH is 2. The quantitative estimate of drug-likeness (QED) is 0.204. The highest BCUT2D eigenvalue weighted by Gasteiger charge is 2.35. The largest absolute Gasteiger partial charge is 0.504 e. The van der Waals surface area contributed by atoms with Crippen LogP contribution in [-0.2, 0) is 16.0 Å². The van der Waals surface area contributed by atoms with Gasteiger partial charge in [-0.1, -0.05) is 45.0 Å². The standard InChI is InChI=1S/C35H51NO6/c1-22(2)8-9-26(21-37)28-13-14-29(33(40)15-11-24-17-35(42-3)34(41)19-30(24)28)32(39)7-5-4-6-23-16-25-10-12-27(38)18-31(25)36-20-23/h17,19,22-23,25-26,28-29,31-32,36-37,39,41H,4-12,15-16,18,20-21H2,1-3H3. The second-order valence-corrected chi connectivity index (χ2v) is 13.4. The predicted octanol–water partition coefficient (Wildman–Crippen LogP) is 4.93. The van der Waals surface area contributed by atoms with E-state index in [1.807, 2.05) is 0 Å². The van der Waals surface area contributed by atoms with E-state index >= 15 is 0 Å². The van der Waals surface area contributed by atoms with Gasteiger partial charge in [0.2, 0.25) is 0 Å². The Labute approximate surface area is 251 Å². The molecule has 1 aromatic rings. The zero-order chi connectivity index (χ0) is 30.2. The Morgan fingerprint density at radius 3 is 2.57 bits per heavy atom. The lowest BCUT2D eigenvalue weighted by Crippen LogP contribution is -2.48. The molecule has 1 aliphatic heterocycles. The molecule has 42 heavy (non-hydrogen) atoms. The van der Waals surface area contributed by atoms with Gasteiger partial charge in [0.05, 0.1) is 19.1 Å². The van der Waals surface area contributed by atoms with Crippen molar-refractivity contribution in [2.45, 2.75) is 109 Å². The number of nitrogens with one attached hydrogen (secondary N) is 1. The second-order valence-electron chi connectivity index (χ2n) is 13.4. The summed E-state index contributed by atoms with van der Waals surface area (Å²) in [5, 5.41) is 35.8. The molecular formula is C35H51NO6. The summed E-state index contributed by atoms with van der Waals surface area (Å²) in [6, 6.07) is 3.82. The van der Waals surface area contributed by atoms with Crippen molar-refractivity contribution < 1.29 is 29.6 Å². The smallest absolute Gasteiger partial charge is 0.160 e. The van der Waals surface area contributed by atoms with Crippen molar-refractivity contribution in [1.29, 1.82) is 0 Å². The zero-order valence-corrected chi connectivity index (χ0v) is 25.7. The lowest BCUT2D eigenvalue weighted by Gasteiger charge is -2.39. The molecule has 7 unspecified atom stereocenters. The van der Waals surface area contributed by atoms with Crippen molar-refractivity contribution in [1.82, 2.24) is 5.32 Å². The third-order valence-corrected chi connectivity index (χ3v) is 9.84. The Morgan fingerprint density at radius 1 is 1.05 bits per heavy atom. The summed E-state index contributed by atoms with van der Waals surface area (Å²) >= 11 is 0. The number of ketones is 2. The molecule has 7 nitrogen and oxygen atoms in total. The topological polar surface area (TPSA) is 116 Å². The first-order chi connectivity index (χ1) is 20.2. The maximum atomic E-state index is 13.4. The number of aliphatic hydroxyl groups is 2. The number of aromatic hydroxyl groups is 1. The van der Waals surface area contributed by atoms with Crippen LogP contribution < -0.4 is 10.1 Å². The summed E-state index contributed by atoms with van der Waals surface area (Å²) in [6.07, 6.45) is 8.57. The van der Waals surface area contributed by atoms with E-state index < -0.39 is 12.0 Å². The minimum absolute atomic E-state index is 0.0198. The molecule has 2 aliphatic carbocycles. The molecule has 1 saturated heterocycles. The Bertz CT molecular complexity index is 1140. The number of carbonyl (C=O) groups excluding carboxylic acids is 2. The Balaban J connectivity index is 1.42. The molecule has 0 amide bonds. The van der Waals surface area contributed by atoms with E-state index in [1.165, 1.54) is 13.5 Å². The molecule has 7 atom stereocenters. The highest BCUT2D eigenvalue weighted by atomic mass is 16.5. The van der Waals surface area contributed by atoms with Crippen LogP contribution in [0.2, 0.25) is 0 Å². The minimum Gasteiger partial charge on any atom is -0.504 e. The van der Waals surface area contributed by atoms with E-state index in [1.54, 1.807) is 12.1 Å². The van der Waals surface area contributed by atoms with Crippen molar-refractivity contribution in [3.8, 4) is 23.3 Å². The number of hydrogen-bond donors (Lipinski definition) is 4. The lowest BCUT2D eigenvalue weighted by molar-refractivity contribution is -0.124. The highest BCUT2D eigenvalue weighted by Crippen LogP contribution is 2.39. The number of rotatable bonds is 12. The first-order valence-corrected chi connectivity index (χ1v) is 16.2. The number of benzene rings is 1. The number of hydrogen-bond acceptors (Lipinski definition) is 7. The van der Waals surface area contributed by atoms with Crippen molar-refractivity contribution >= 4 is 11.6 Å². The summed E-state index contributed by atoms with van der Waals surface area (Å²) in [6.45, 7) is 5.21. The van der Waals surface area contributed by atoms with E-state index in [2.05, 4.69) is 31.0 Å². The van der Waals surface area contributed by atoms with Crippen molar-refractivity contribution in [3.63, 3.8) is 0 Å². The van der Waals surface area contributed by atoms with Gasteiger partial charge < -0.3 is 25.4 Å². The molecule has 0 spiro atoms. The van der Waals surface area contributed by atoms with Crippen molar-refractivity contribution in [3.05, 3.63) is 23.3 Å². The van der Waals surface area contributed by atoms with Gasteiger partial charge in [0.15, 0.2) is 17.3 Å². The van der Waals surface area contributed by atoms with Gasteiger partial charge in [0, 0.05) is 31.9 Å². The van der Waals surface area contributed by atoms with Gasteiger partial charge in [-0.3, -0.25) is 9.59 Å². The summed E-state index contributed by atoms with van der Waals surface area (Å²) in [7, 11) is 1.50. The SMILES string of the molecule is COc1cc2c(cc1O)C(C(CO)CCC(C)C)C#CC(C(O)CCCCC1CNC3CC(=O)CCC3C1)C(=O)CC2. The molecule has 0 aromatic heterocycles. The van der Waals surface area contributed by atoms with E-state index in [4.69, 9.17) is 4.74 Å². The minimum atomic E-state index is -0.837. The number of aryl methyl sites for hydroxylation is 1. The monoisotopic (exact) mass is 581 g/mol. The maximum absolute atomic E-state index is 13.4. The number of Topliss-reactive ketones (excluding diaryl/α,β-unsaturated/α-hetero) is 2. The number of piperidine rings is 1. The molecule has 1 saturated carbocycles. The summed E-state index contributed by atoms with van der Waals surface area (Å²) in [5.74, 6) is 7.56. The van der Waals surface area contributed by atoms with E-state index in [0.717, 1.165) is 62.6 Å². The second kappa shape index (κ2) is 15.4. The Hall–Kier alpha value is -2.40. The van der Waals surface area contributed by atoms with E-state index in [-0.39, 0.29) is 36.4 Å². The van der Waals surface area contributed by atoms with Crippen LogP contribution in [0.4, 0.5) is 0 Å². The Kier molecular flexibility index (Phi) is 11.9. The van der Waals surface area contributed by atoms with Crippen LogP contribution >= 0.6 is 0 Å². The number of methoxy groups -OCH3 is 1. The number of phenols is 1. The van der Waals surface area contributed by atoms with Crippen LogP contribution in [-0.4, -0.2) is 59.3 Å². The first-order valence-electron chi connectivity index (χ1n) is 16.2. The first kappa shape index (κ1) is 32.5. The third kappa shape index (κ3) is 8.36. The molecular weight excluding hydrogens is 530 g/mol. The van der Waals surface area contributed by atoms with Crippen molar-refractivity contribution in [2.24, 2.45) is 29.6 Å². The summed E-state index contributed by atoms with van der Waals surface area (Å²) in [5.41, 5.74) is 1.72. The van der Waals surface area contributed by atoms with Gasteiger partial charge in [-0.15, -0.1) is 0 Å². The van der Waals surface area contributed by atoms with Gasteiger partial charge in [0.1, 0.15) is 11.7 Å². The number of fused-ring (bicyclic) bond motifs is 2. The fourth-order valence-electron chi connectivity index (χ4n) is 7.23. The fourth-order valence-corrected chi connectivity index (χ4v) is 7.23. The van der Waals surface area contributed by atoms with Crippen LogP contribution in [0.5, 0.6) is 11.5 Å². The Morgan fingerprint density at radius 2 is 1.83 bits per heavy atom. The lowest BCUT2D eigenvalue weighted by atomic mass is 9.74. The van der Waals surface area contributed by atoms with E-state index in [9.17, 15) is 24.9 Å². The fraction of sp³-hybridized carbons (Fsp3) is 0.714. The van der Waals surface area contributed by atoms with Crippen LogP contribution in [0.15, 0.2) is 12.1 Å². The predicted molar refractivity (Wildman–Crippen MR) is 163 cm³/mol. The number of ether oxygens (including phenoxy) is 1. The number of carbonyl (C=O) groups is 2. The third-order valence-electron chi connectivity index (χ3n) is 9.84. The molecule has 232 valence electrons. The number of unbranched alkanes of at least 4 members (excludes halogenated alkanes) is 1. The van der Waals surface area contributed by atoms with Gasteiger partial charge in [-0.05, 0) is 92.0 Å². The van der Waals surface area contributed by atoms with Crippen molar-refractivity contribution in [2.75, 3.05) is 20.3 Å². The van der Waals surface area contributed by atoms with Crippen LogP contribution in [0.25, 0.3) is 0 Å².